The van der Waals surface area contributed by atoms with Gasteiger partial charge in [-0.3, -0.25) is 9.52 Å². The smallest absolute Gasteiger partial charge is 0.258 e. The molecule has 0 bridgehead atoms. The fourth-order valence-electron chi connectivity index (χ4n) is 4.90. The molecule has 43 heavy (non-hydrogen) atoms. The minimum absolute atomic E-state index is 0.0610. The molecular weight excluding hydrogens is 594 g/mol. The van der Waals surface area contributed by atoms with E-state index in [1.165, 1.54) is 22.3 Å². The maximum absolute atomic E-state index is 14.1. The van der Waals surface area contributed by atoms with Gasteiger partial charge in [-0.15, -0.1) is 0 Å². The van der Waals surface area contributed by atoms with E-state index in [9.17, 15) is 26.7 Å². The molecule has 0 saturated heterocycles. The second kappa shape index (κ2) is 14.8. The Kier molecular flexibility index (Phi) is 12.0. The van der Waals surface area contributed by atoms with Crippen LogP contribution in [-0.4, -0.2) is 94.9 Å². The molecule has 1 amide bonds. The molecule has 11 nitrogen and oxygen atoms in total. The number of aliphatic hydroxyl groups excluding tert-OH is 1. The van der Waals surface area contributed by atoms with Gasteiger partial charge in [-0.1, -0.05) is 24.6 Å². The highest BCUT2D eigenvalue weighted by atomic mass is 32.2. The number of ether oxygens (including phenoxy) is 2. The standard InChI is InChI=1S/C30H45N3O8S2/c1-21-10-13-26(14-11-21)43(38,39)32(5)19-29-22(2)18-33(23(3)20-34)30(35)27-17-25(31-42(6,36)37)12-15-28(27)41-24(4)9-7-8-16-40-29/h10-15,17,22-24,29,31,34H,7-9,16,18-20H2,1-6H3/t22-,23-,24+,29+/m1/s1. The van der Waals surface area contributed by atoms with E-state index in [4.69, 9.17) is 9.47 Å². The van der Waals surface area contributed by atoms with Crippen molar-refractivity contribution in [3.63, 3.8) is 0 Å². The number of carbonyl (C=O) groups excluding carboxylic acids is 1. The fourth-order valence-corrected chi connectivity index (χ4v) is 6.64. The van der Waals surface area contributed by atoms with Crippen molar-refractivity contribution in [2.75, 3.05) is 44.3 Å². The lowest BCUT2D eigenvalue weighted by molar-refractivity contribution is -0.00833. The Labute approximate surface area is 256 Å². The number of rotatable bonds is 8. The number of likely N-dealkylation sites (N-methyl/N-ethyl adjacent to an activating group) is 1. The summed E-state index contributed by atoms with van der Waals surface area (Å²) in [5.74, 6) is -0.477. The van der Waals surface area contributed by atoms with Gasteiger partial charge in [0.15, 0.2) is 0 Å². The van der Waals surface area contributed by atoms with E-state index in [2.05, 4.69) is 4.72 Å². The van der Waals surface area contributed by atoms with Gasteiger partial charge in [-0.2, -0.15) is 4.31 Å². The Hall–Kier alpha value is -2.71. The summed E-state index contributed by atoms with van der Waals surface area (Å²) < 4.78 is 66.7. The lowest BCUT2D eigenvalue weighted by Gasteiger charge is -2.35. The third kappa shape index (κ3) is 9.64. The van der Waals surface area contributed by atoms with Crippen LogP contribution in [0, 0.1) is 12.8 Å². The van der Waals surface area contributed by atoms with Gasteiger partial charge >= 0.3 is 0 Å². The Balaban J connectivity index is 1.98. The lowest BCUT2D eigenvalue weighted by Crippen LogP contribution is -2.48. The summed E-state index contributed by atoms with van der Waals surface area (Å²) >= 11 is 0. The molecule has 2 N–H and O–H groups in total. The minimum atomic E-state index is -3.79. The zero-order valence-corrected chi connectivity index (χ0v) is 27.4. The first kappa shape index (κ1) is 34.8. The maximum Gasteiger partial charge on any atom is 0.258 e. The maximum atomic E-state index is 14.1. The van der Waals surface area contributed by atoms with Crippen LogP contribution in [0.3, 0.4) is 0 Å². The summed E-state index contributed by atoms with van der Waals surface area (Å²) in [7, 11) is -5.88. The topological polar surface area (TPSA) is 143 Å². The highest BCUT2D eigenvalue weighted by molar-refractivity contribution is 7.92. The number of benzene rings is 2. The molecule has 13 heteroatoms. The number of aliphatic hydroxyl groups is 1. The largest absolute Gasteiger partial charge is 0.490 e. The molecule has 0 spiro atoms. The molecular formula is C30H45N3O8S2. The zero-order chi connectivity index (χ0) is 31.9. The van der Waals surface area contributed by atoms with E-state index in [0.717, 1.165) is 24.7 Å². The summed E-state index contributed by atoms with van der Waals surface area (Å²) in [4.78, 5) is 15.8. The average molecular weight is 640 g/mol. The number of hydrogen-bond acceptors (Lipinski definition) is 8. The van der Waals surface area contributed by atoms with E-state index in [1.54, 1.807) is 43.3 Å². The predicted octanol–water partition coefficient (Wildman–Crippen LogP) is 3.48. The first-order valence-electron chi connectivity index (χ1n) is 14.5. The van der Waals surface area contributed by atoms with Crippen molar-refractivity contribution in [2.24, 2.45) is 5.92 Å². The predicted molar refractivity (Wildman–Crippen MR) is 166 cm³/mol. The zero-order valence-electron chi connectivity index (χ0n) is 25.8. The van der Waals surface area contributed by atoms with Crippen LogP contribution in [-0.2, 0) is 24.8 Å². The van der Waals surface area contributed by atoms with Crippen LogP contribution in [0.1, 0.15) is 56.0 Å². The van der Waals surface area contributed by atoms with Crippen molar-refractivity contribution >= 4 is 31.6 Å². The third-order valence-corrected chi connectivity index (χ3v) is 9.97. The average Bonchev–Trinajstić information content (AvgIpc) is 2.93. The molecule has 4 atom stereocenters. The molecule has 2 aromatic carbocycles. The fraction of sp³-hybridized carbons (Fsp3) is 0.567. The van der Waals surface area contributed by atoms with Gasteiger partial charge in [0.1, 0.15) is 5.75 Å². The van der Waals surface area contributed by atoms with Crippen molar-refractivity contribution in [3.8, 4) is 5.75 Å². The van der Waals surface area contributed by atoms with Crippen molar-refractivity contribution in [1.29, 1.82) is 0 Å². The van der Waals surface area contributed by atoms with Gasteiger partial charge in [-0.25, -0.2) is 16.8 Å². The first-order valence-corrected chi connectivity index (χ1v) is 17.8. The molecule has 1 heterocycles. The molecule has 1 aliphatic heterocycles. The number of aryl methyl sites for hydroxylation is 1. The van der Waals surface area contributed by atoms with E-state index >= 15 is 0 Å². The molecule has 1 aliphatic rings. The van der Waals surface area contributed by atoms with Crippen LogP contribution in [0.4, 0.5) is 5.69 Å². The van der Waals surface area contributed by atoms with Crippen molar-refractivity contribution in [1.82, 2.24) is 9.21 Å². The van der Waals surface area contributed by atoms with E-state index < -0.39 is 38.1 Å². The van der Waals surface area contributed by atoms with Crippen LogP contribution in [0.25, 0.3) is 0 Å². The molecule has 3 rings (SSSR count). The van der Waals surface area contributed by atoms with Crippen LogP contribution in [0.15, 0.2) is 47.4 Å². The second-order valence-electron chi connectivity index (χ2n) is 11.5. The summed E-state index contributed by atoms with van der Waals surface area (Å²) in [6.07, 6.45) is 2.42. The summed E-state index contributed by atoms with van der Waals surface area (Å²) in [6, 6.07) is 10.6. The Morgan fingerprint density at radius 2 is 1.77 bits per heavy atom. The van der Waals surface area contributed by atoms with Crippen molar-refractivity contribution in [3.05, 3.63) is 53.6 Å². The molecule has 0 aromatic heterocycles. The van der Waals surface area contributed by atoms with Gasteiger partial charge in [0.25, 0.3) is 5.91 Å². The van der Waals surface area contributed by atoms with Crippen LogP contribution in [0.2, 0.25) is 0 Å². The minimum Gasteiger partial charge on any atom is -0.490 e. The number of sulfonamides is 2. The van der Waals surface area contributed by atoms with Gasteiger partial charge in [-0.05, 0) is 70.4 Å². The number of carbonyl (C=O) groups is 1. The molecule has 0 radical (unpaired) electrons. The SMILES string of the molecule is Cc1ccc(S(=O)(=O)N(C)C[C@@H]2OCCCC[C@H](C)Oc3ccc(NS(C)(=O)=O)cc3C(=O)N([C@H](C)CO)C[C@H]2C)cc1. The number of amides is 1. The third-order valence-electron chi connectivity index (χ3n) is 7.52. The lowest BCUT2D eigenvalue weighted by atomic mass is 10.0. The van der Waals surface area contributed by atoms with Crippen LogP contribution >= 0.6 is 0 Å². The van der Waals surface area contributed by atoms with Gasteiger partial charge in [0.05, 0.1) is 41.6 Å². The van der Waals surface area contributed by atoms with Crippen LogP contribution in [0.5, 0.6) is 5.75 Å². The highest BCUT2D eigenvalue weighted by Crippen LogP contribution is 2.29. The van der Waals surface area contributed by atoms with Crippen LogP contribution < -0.4 is 9.46 Å². The Bertz CT molecular complexity index is 1450. The van der Waals surface area contributed by atoms with Gasteiger partial charge in [0.2, 0.25) is 20.0 Å². The number of fused-ring (bicyclic) bond motifs is 1. The number of hydrogen-bond donors (Lipinski definition) is 2. The summed E-state index contributed by atoms with van der Waals surface area (Å²) in [6.45, 7) is 7.66. The molecule has 0 aliphatic carbocycles. The molecule has 0 unspecified atom stereocenters. The summed E-state index contributed by atoms with van der Waals surface area (Å²) in [5.41, 5.74) is 1.32. The number of anilines is 1. The number of nitrogens with one attached hydrogen (secondary N) is 1. The van der Waals surface area contributed by atoms with E-state index in [-0.39, 0.29) is 47.9 Å². The molecule has 240 valence electrons. The molecule has 2 aromatic rings. The monoisotopic (exact) mass is 639 g/mol. The van der Waals surface area contributed by atoms with Crippen molar-refractivity contribution in [2.45, 2.75) is 70.1 Å². The van der Waals surface area contributed by atoms with Gasteiger partial charge in [0, 0.05) is 38.3 Å². The molecule has 0 fully saturated rings. The van der Waals surface area contributed by atoms with E-state index in [1.807, 2.05) is 20.8 Å². The van der Waals surface area contributed by atoms with Crippen molar-refractivity contribution < 1.29 is 36.2 Å². The summed E-state index contributed by atoms with van der Waals surface area (Å²) in [5, 5.41) is 10.1. The molecule has 0 saturated carbocycles. The van der Waals surface area contributed by atoms with Gasteiger partial charge < -0.3 is 19.5 Å². The second-order valence-corrected chi connectivity index (χ2v) is 15.3. The Morgan fingerprint density at radius 3 is 2.40 bits per heavy atom. The normalized spacial score (nSPS) is 21.9. The Morgan fingerprint density at radius 1 is 1.09 bits per heavy atom. The first-order chi connectivity index (χ1) is 20.1. The number of nitrogens with zero attached hydrogens (tertiary/aromatic N) is 2. The highest BCUT2D eigenvalue weighted by Gasteiger charge is 2.32. The quantitative estimate of drug-likeness (QED) is 0.447. The van der Waals surface area contributed by atoms with E-state index in [0.29, 0.717) is 18.8 Å².